The Kier molecular flexibility index (Phi) is 7.10. The summed E-state index contributed by atoms with van der Waals surface area (Å²) < 4.78 is 25.7. The number of hydrogen-bond acceptors (Lipinski definition) is 5. The fourth-order valence-corrected chi connectivity index (χ4v) is 5.62. The van der Waals surface area contributed by atoms with Crippen LogP contribution in [0.2, 0.25) is 0 Å². The Labute approximate surface area is 207 Å². The van der Waals surface area contributed by atoms with Gasteiger partial charge >= 0.3 is 0 Å². The highest BCUT2D eigenvalue weighted by molar-refractivity contribution is 7.77. The molecule has 0 radical (unpaired) electrons. The number of imidazole rings is 1. The van der Waals surface area contributed by atoms with Gasteiger partial charge in [-0.25, -0.2) is 9.71 Å². The van der Waals surface area contributed by atoms with Gasteiger partial charge in [0.15, 0.2) is 0 Å². The van der Waals surface area contributed by atoms with Crippen LogP contribution >= 0.6 is 0 Å². The molecule has 2 aliphatic heterocycles. The number of piperidine rings is 1. The van der Waals surface area contributed by atoms with Crippen LogP contribution in [0.15, 0.2) is 61.1 Å². The number of nitrogens with zero attached hydrogens (tertiary/aromatic N) is 3. The van der Waals surface area contributed by atoms with Gasteiger partial charge in [-0.05, 0) is 41.9 Å². The van der Waals surface area contributed by atoms with Crippen LogP contribution in [-0.2, 0) is 29.0 Å². The summed E-state index contributed by atoms with van der Waals surface area (Å²) in [6, 6.07) is 15.8. The fraction of sp³-hybridized carbons (Fsp3) is 0.385. The van der Waals surface area contributed by atoms with Crippen LogP contribution in [0.25, 0.3) is 11.3 Å². The van der Waals surface area contributed by atoms with E-state index in [0.717, 1.165) is 29.7 Å². The first-order chi connectivity index (χ1) is 17.0. The predicted octanol–water partition coefficient (Wildman–Crippen LogP) is 2.57. The highest BCUT2D eigenvalue weighted by Gasteiger charge is 2.33. The Morgan fingerprint density at radius 3 is 2.60 bits per heavy atom. The summed E-state index contributed by atoms with van der Waals surface area (Å²) in [5.74, 6) is 0.245. The maximum atomic E-state index is 12.8. The molecule has 0 saturated carbocycles. The molecule has 3 heterocycles. The number of amides is 1. The maximum absolute atomic E-state index is 12.8. The lowest BCUT2D eigenvalue weighted by Crippen LogP contribution is -2.42. The molecule has 0 spiro atoms. The van der Waals surface area contributed by atoms with Gasteiger partial charge in [0, 0.05) is 36.5 Å². The van der Waals surface area contributed by atoms with Crippen molar-refractivity contribution in [1.29, 1.82) is 0 Å². The van der Waals surface area contributed by atoms with Gasteiger partial charge in [0.05, 0.1) is 36.8 Å². The third-order valence-corrected chi connectivity index (χ3v) is 7.65. The lowest BCUT2D eigenvalue weighted by Gasteiger charge is -2.35. The molecule has 1 amide bonds. The van der Waals surface area contributed by atoms with E-state index < -0.39 is 17.4 Å². The number of nitrogens with one attached hydrogen (secondary N) is 1. The number of carbonyl (C=O) groups excluding carboxylic acids is 1. The summed E-state index contributed by atoms with van der Waals surface area (Å²) in [5.41, 5.74) is 5.27. The molecule has 3 aromatic rings. The molecule has 0 aliphatic carbocycles. The van der Waals surface area contributed by atoms with Crippen LogP contribution in [0.5, 0.6) is 0 Å². The summed E-state index contributed by atoms with van der Waals surface area (Å²) in [6.07, 6.45) is 5.82. The molecule has 184 valence electrons. The normalized spacial score (nSPS) is 19.3. The van der Waals surface area contributed by atoms with E-state index in [1.165, 1.54) is 11.1 Å². The predicted molar refractivity (Wildman–Crippen MR) is 132 cm³/mol. The van der Waals surface area contributed by atoms with Gasteiger partial charge in [0.25, 0.3) is 0 Å². The first kappa shape index (κ1) is 23.9. The second kappa shape index (κ2) is 10.4. The molecule has 1 fully saturated rings. The third-order valence-electron chi connectivity index (χ3n) is 7.27. The van der Waals surface area contributed by atoms with Crippen molar-refractivity contribution < 1.29 is 18.7 Å². The van der Waals surface area contributed by atoms with Gasteiger partial charge < -0.3 is 19.1 Å². The van der Waals surface area contributed by atoms with Crippen LogP contribution in [0.4, 0.5) is 0 Å². The standard InChI is InChI=1S/C26H30N4O4S/c31-25(14-23-21-3-1-2-4-22(21)24-16-27-17-30(23)24)20-9-11-29(12-10-20)26(32)13-18-5-7-19(8-6-18)15-28-35(33)34/h1-8,16-17,20,23,25,28,31H,9-15H2,(H,33,34)/p-1. The van der Waals surface area contributed by atoms with Crippen LogP contribution < -0.4 is 4.72 Å². The molecular weight excluding hydrogens is 464 g/mol. The molecule has 9 heteroatoms. The number of hydrogen-bond donors (Lipinski definition) is 2. The molecule has 1 aromatic heterocycles. The van der Waals surface area contributed by atoms with Crippen molar-refractivity contribution in [2.45, 2.75) is 44.4 Å². The van der Waals surface area contributed by atoms with Crippen molar-refractivity contribution in [3.63, 3.8) is 0 Å². The largest absolute Gasteiger partial charge is 0.760 e. The minimum Gasteiger partial charge on any atom is -0.760 e. The van der Waals surface area contributed by atoms with Crippen molar-refractivity contribution >= 4 is 17.2 Å². The zero-order valence-corrected chi connectivity index (χ0v) is 20.2. The smallest absolute Gasteiger partial charge is 0.226 e. The highest BCUT2D eigenvalue weighted by atomic mass is 32.2. The minimum atomic E-state index is -2.29. The Hall–Kier alpha value is -2.85. The van der Waals surface area contributed by atoms with Crippen molar-refractivity contribution in [2.75, 3.05) is 13.1 Å². The Bertz CT molecular complexity index is 1200. The van der Waals surface area contributed by atoms with Crippen LogP contribution in [0, 0.1) is 5.92 Å². The van der Waals surface area contributed by atoms with E-state index in [2.05, 4.69) is 26.4 Å². The van der Waals surface area contributed by atoms with Gasteiger partial charge in [-0.2, -0.15) is 0 Å². The van der Waals surface area contributed by atoms with E-state index in [4.69, 9.17) is 0 Å². The summed E-state index contributed by atoms with van der Waals surface area (Å²) in [5, 5.41) is 11.1. The zero-order valence-electron chi connectivity index (χ0n) is 19.4. The molecule has 5 rings (SSSR count). The molecule has 8 nitrogen and oxygen atoms in total. The van der Waals surface area contributed by atoms with Crippen LogP contribution in [0.3, 0.4) is 0 Å². The van der Waals surface area contributed by atoms with Crippen LogP contribution in [0.1, 0.15) is 42.0 Å². The molecular formula is C26H29N4O4S-. The SMILES string of the molecule is O=C(Cc1ccc(CNS(=O)[O-])cc1)N1CCC(C(O)CC2c3ccccc3-c3cncn32)CC1. The number of likely N-dealkylation sites (tertiary alicyclic amines) is 1. The summed E-state index contributed by atoms with van der Waals surface area (Å²) in [4.78, 5) is 19.0. The fourth-order valence-electron chi connectivity index (χ4n) is 5.33. The molecule has 0 bridgehead atoms. The second-order valence-electron chi connectivity index (χ2n) is 9.36. The van der Waals surface area contributed by atoms with Crippen molar-refractivity contribution in [3.05, 3.63) is 77.7 Å². The van der Waals surface area contributed by atoms with Gasteiger partial charge in [0.1, 0.15) is 0 Å². The van der Waals surface area contributed by atoms with E-state index in [-0.39, 0.29) is 24.4 Å². The topological polar surface area (TPSA) is 111 Å². The number of aliphatic hydroxyl groups is 1. The average Bonchev–Trinajstić information content (AvgIpc) is 3.46. The van der Waals surface area contributed by atoms with Gasteiger partial charge in [-0.1, -0.05) is 48.5 Å². The van der Waals surface area contributed by atoms with E-state index >= 15 is 0 Å². The number of aromatic nitrogens is 2. The Balaban J connectivity index is 1.13. The molecule has 3 unspecified atom stereocenters. The van der Waals surface area contributed by atoms with E-state index in [9.17, 15) is 18.7 Å². The van der Waals surface area contributed by atoms with Crippen molar-refractivity contribution in [3.8, 4) is 11.3 Å². The third kappa shape index (κ3) is 5.23. The van der Waals surface area contributed by atoms with E-state index in [1.54, 1.807) is 0 Å². The summed E-state index contributed by atoms with van der Waals surface area (Å²) in [6.45, 7) is 1.53. The minimum absolute atomic E-state index is 0.0808. The molecule has 2 aliphatic rings. The first-order valence-electron chi connectivity index (χ1n) is 12.0. The van der Waals surface area contributed by atoms with E-state index in [0.29, 0.717) is 25.9 Å². The zero-order chi connectivity index (χ0) is 24.4. The lowest BCUT2D eigenvalue weighted by atomic mass is 9.86. The van der Waals surface area contributed by atoms with E-state index in [1.807, 2.05) is 53.8 Å². The van der Waals surface area contributed by atoms with Crippen molar-refractivity contribution in [2.24, 2.45) is 5.92 Å². The molecule has 1 saturated heterocycles. The second-order valence-corrected chi connectivity index (χ2v) is 10.1. The molecule has 2 N–H and O–H groups in total. The van der Waals surface area contributed by atoms with Crippen LogP contribution in [-0.4, -0.2) is 53.4 Å². The quantitative estimate of drug-likeness (QED) is 0.469. The number of aliphatic hydroxyl groups excluding tert-OH is 1. The number of rotatable bonds is 8. The Morgan fingerprint density at radius 2 is 1.86 bits per heavy atom. The van der Waals surface area contributed by atoms with Gasteiger partial charge in [-0.3, -0.25) is 9.00 Å². The van der Waals surface area contributed by atoms with Crippen molar-refractivity contribution in [1.82, 2.24) is 19.2 Å². The Morgan fingerprint density at radius 1 is 1.14 bits per heavy atom. The molecule has 3 atom stereocenters. The summed E-state index contributed by atoms with van der Waals surface area (Å²) in [7, 11) is 0. The van der Waals surface area contributed by atoms with Gasteiger partial charge in [-0.15, -0.1) is 0 Å². The number of fused-ring (bicyclic) bond motifs is 3. The number of carbonyl (C=O) groups is 1. The maximum Gasteiger partial charge on any atom is 0.226 e. The lowest BCUT2D eigenvalue weighted by molar-refractivity contribution is -0.132. The monoisotopic (exact) mass is 493 g/mol. The molecule has 2 aromatic carbocycles. The summed E-state index contributed by atoms with van der Waals surface area (Å²) >= 11 is -2.29. The average molecular weight is 494 g/mol. The first-order valence-corrected chi connectivity index (χ1v) is 13.0. The highest BCUT2D eigenvalue weighted by Crippen LogP contribution is 2.42. The number of benzene rings is 2. The molecule has 35 heavy (non-hydrogen) atoms. The van der Waals surface area contributed by atoms with Gasteiger partial charge in [0.2, 0.25) is 5.91 Å².